The maximum atomic E-state index is 12.8. The molecule has 1 aromatic heterocycles. The number of aliphatic carboxylic acids is 1. The van der Waals surface area contributed by atoms with Crippen molar-refractivity contribution in [3.63, 3.8) is 0 Å². The standard InChI is InChI=1S/C10H8F2N2O2/c11-10(12)8-5(3-7(15)16)1-2-6-9(8)14-4-13-6/h1-2,4,10H,3H2,(H,13,14)(H,15,16). The van der Waals surface area contributed by atoms with Crippen molar-refractivity contribution in [1.82, 2.24) is 9.97 Å². The van der Waals surface area contributed by atoms with E-state index >= 15 is 0 Å². The number of nitrogens with zero attached hydrogens (tertiary/aromatic N) is 1. The topological polar surface area (TPSA) is 66.0 Å². The van der Waals surface area contributed by atoms with Gasteiger partial charge >= 0.3 is 5.97 Å². The maximum absolute atomic E-state index is 12.8. The molecule has 0 saturated carbocycles. The minimum absolute atomic E-state index is 0.0992. The van der Waals surface area contributed by atoms with E-state index in [1.165, 1.54) is 12.4 Å². The zero-order chi connectivity index (χ0) is 11.7. The third-order valence-electron chi connectivity index (χ3n) is 2.28. The molecule has 0 aliphatic heterocycles. The minimum Gasteiger partial charge on any atom is -0.481 e. The van der Waals surface area contributed by atoms with Crippen LogP contribution < -0.4 is 0 Å². The lowest BCUT2D eigenvalue weighted by molar-refractivity contribution is -0.136. The van der Waals surface area contributed by atoms with Gasteiger partial charge in [-0.05, 0) is 11.6 Å². The van der Waals surface area contributed by atoms with E-state index < -0.39 is 18.8 Å². The average Bonchev–Trinajstić information content (AvgIpc) is 2.63. The number of carbonyl (C=O) groups is 1. The van der Waals surface area contributed by atoms with Crippen LogP contribution in [0.25, 0.3) is 11.0 Å². The number of alkyl halides is 2. The molecular weight excluding hydrogens is 218 g/mol. The van der Waals surface area contributed by atoms with Crippen LogP contribution in [0.3, 0.4) is 0 Å². The predicted molar refractivity (Wildman–Crippen MR) is 52.4 cm³/mol. The molecule has 0 saturated heterocycles. The first-order chi connectivity index (χ1) is 7.59. The summed E-state index contributed by atoms with van der Waals surface area (Å²) in [5, 5.41) is 8.62. The summed E-state index contributed by atoms with van der Waals surface area (Å²) in [6.07, 6.45) is -1.86. The van der Waals surface area contributed by atoms with Crippen LogP contribution in [0.2, 0.25) is 0 Å². The zero-order valence-electron chi connectivity index (χ0n) is 8.08. The second kappa shape index (κ2) is 3.88. The molecule has 0 amide bonds. The Kier molecular flexibility index (Phi) is 2.55. The highest BCUT2D eigenvalue weighted by Gasteiger charge is 2.19. The highest BCUT2D eigenvalue weighted by molar-refractivity contribution is 5.82. The monoisotopic (exact) mass is 226 g/mol. The number of aromatic amines is 1. The second-order valence-electron chi connectivity index (χ2n) is 3.31. The van der Waals surface area contributed by atoms with E-state index in [9.17, 15) is 13.6 Å². The molecule has 6 heteroatoms. The van der Waals surface area contributed by atoms with Gasteiger partial charge in [0.05, 0.1) is 23.8 Å². The van der Waals surface area contributed by atoms with Gasteiger partial charge in [-0.25, -0.2) is 13.8 Å². The number of benzene rings is 1. The van der Waals surface area contributed by atoms with Crippen LogP contribution in [0.5, 0.6) is 0 Å². The van der Waals surface area contributed by atoms with Crippen molar-refractivity contribution in [1.29, 1.82) is 0 Å². The smallest absolute Gasteiger partial charge is 0.307 e. The Hall–Kier alpha value is -1.98. The summed E-state index contributed by atoms with van der Waals surface area (Å²) in [6.45, 7) is 0. The largest absolute Gasteiger partial charge is 0.481 e. The number of imidazole rings is 1. The number of hydrogen-bond donors (Lipinski definition) is 2. The highest BCUT2D eigenvalue weighted by atomic mass is 19.3. The van der Waals surface area contributed by atoms with E-state index in [1.54, 1.807) is 6.07 Å². The Morgan fingerprint density at radius 3 is 2.88 bits per heavy atom. The highest BCUT2D eigenvalue weighted by Crippen LogP contribution is 2.29. The summed E-state index contributed by atoms with van der Waals surface area (Å²) in [7, 11) is 0. The lowest BCUT2D eigenvalue weighted by Crippen LogP contribution is -2.04. The number of fused-ring (bicyclic) bond motifs is 1. The molecule has 2 N–H and O–H groups in total. The van der Waals surface area contributed by atoms with Gasteiger partial charge in [-0.1, -0.05) is 6.07 Å². The van der Waals surface area contributed by atoms with Crippen LogP contribution in [-0.4, -0.2) is 21.0 Å². The number of aromatic nitrogens is 2. The van der Waals surface area contributed by atoms with Gasteiger partial charge in [-0.15, -0.1) is 0 Å². The van der Waals surface area contributed by atoms with E-state index in [0.717, 1.165) is 0 Å². The first-order valence-corrected chi connectivity index (χ1v) is 4.54. The maximum Gasteiger partial charge on any atom is 0.307 e. The Bertz CT molecular complexity index is 537. The first-order valence-electron chi connectivity index (χ1n) is 4.54. The Morgan fingerprint density at radius 2 is 2.25 bits per heavy atom. The molecule has 0 bridgehead atoms. The lowest BCUT2D eigenvalue weighted by atomic mass is 10.0. The number of halogens is 2. The van der Waals surface area contributed by atoms with Gasteiger partial charge in [0.1, 0.15) is 0 Å². The third-order valence-corrected chi connectivity index (χ3v) is 2.28. The van der Waals surface area contributed by atoms with Crippen molar-refractivity contribution >= 4 is 17.0 Å². The van der Waals surface area contributed by atoms with Crippen molar-refractivity contribution in [3.05, 3.63) is 29.6 Å². The van der Waals surface area contributed by atoms with Gasteiger partial charge in [-0.3, -0.25) is 4.79 Å². The fourth-order valence-corrected chi connectivity index (χ4v) is 1.63. The Labute approximate surface area is 88.9 Å². The van der Waals surface area contributed by atoms with E-state index in [1.807, 2.05) is 0 Å². The number of rotatable bonds is 3. The Balaban J connectivity index is 2.63. The van der Waals surface area contributed by atoms with Gasteiger partial charge in [0.2, 0.25) is 0 Å². The van der Waals surface area contributed by atoms with E-state index in [0.29, 0.717) is 5.52 Å². The molecular formula is C10H8F2N2O2. The summed E-state index contributed by atoms with van der Waals surface area (Å²) in [4.78, 5) is 17.0. The van der Waals surface area contributed by atoms with Gasteiger partial charge < -0.3 is 10.1 Å². The summed E-state index contributed by atoms with van der Waals surface area (Å²) < 4.78 is 25.7. The molecule has 0 aliphatic rings. The van der Waals surface area contributed by atoms with Gasteiger partial charge in [0.15, 0.2) is 0 Å². The number of carboxylic acids is 1. The quantitative estimate of drug-likeness (QED) is 0.842. The number of hydrogen-bond acceptors (Lipinski definition) is 2. The van der Waals surface area contributed by atoms with Crippen molar-refractivity contribution < 1.29 is 18.7 Å². The van der Waals surface area contributed by atoms with Crippen molar-refractivity contribution in [2.75, 3.05) is 0 Å². The van der Waals surface area contributed by atoms with Gasteiger partial charge in [0.25, 0.3) is 6.43 Å². The van der Waals surface area contributed by atoms with Crippen molar-refractivity contribution in [3.8, 4) is 0 Å². The number of nitrogens with one attached hydrogen (secondary N) is 1. The number of H-pyrrole nitrogens is 1. The van der Waals surface area contributed by atoms with Crippen LogP contribution in [-0.2, 0) is 11.2 Å². The van der Waals surface area contributed by atoms with Crippen molar-refractivity contribution in [2.45, 2.75) is 12.8 Å². The minimum atomic E-state index is -2.73. The van der Waals surface area contributed by atoms with Gasteiger partial charge in [-0.2, -0.15) is 0 Å². The normalized spacial score (nSPS) is 11.2. The zero-order valence-corrected chi connectivity index (χ0v) is 8.08. The summed E-state index contributed by atoms with van der Waals surface area (Å²) >= 11 is 0. The molecule has 0 unspecified atom stereocenters. The summed E-state index contributed by atoms with van der Waals surface area (Å²) in [5.41, 5.74) is 0.404. The average molecular weight is 226 g/mol. The molecule has 0 fully saturated rings. The fraction of sp³-hybridized carbons (Fsp3) is 0.200. The van der Waals surface area contributed by atoms with Crippen LogP contribution in [0.15, 0.2) is 18.5 Å². The summed E-state index contributed by atoms with van der Waals surface area (Å²) in [6, 6.07) is 2.93. The Morgan fingerprint density at radius 1 is 1.50 bits per heavy atom. The van der Waals surface area contributed by atoms with Crippen LogP contribution in [0, 0.1) is 0 Å². The third kappa shape index (κ3) is 1.73. The predicted octanol–water partition coefficient (Wildman–Crippen LogP) is 2.13. The SMILES string of the molecule is O=C(O)Cc1ccc2[nH]cnc2c1C(F)F. The molecule has 2 aromatic rings. The van der Waals surface area contributed by atoms with E-state index in [4.69, 9.17) is 5.11 Å². The van der Waals surface area contributed by atoms with E-state index in [-0.39, 0.29) is 16.6 Å². The first kappa shape index (κ1) is 10.5. The van der Waals surface area contributed by atoms with Crippen molar-refractivity contribution in [2.24, 2.45) is 0 Å². The van der Waals surface area contributed by atoms with Gasteiger partial charge in [0, 0.05) is 5.56 Å². The molecule has 0 radical (unpaired) electrons. The fourth-order valence-electron chi connectivity index (χ4n) is 1.63. The molecule has 1 heterocycles. The van der Waals surface area contributed by atoms with E-state index in [2.05, 4.69) is 9.97 Å². The molecule has 0 atom stereocenters. The molecule has 84 valence electrons. The molecule has 1 aromatic carbocycles. The molecule has 0 aliphatic carbocycles. The lowest BCUT2D eigenvalue weighted by Gasteiger charge is -2.07. The second-order valence-corrected chi connectivity index (χ2v) is 3.31. The molecule has 4 nitrogen and oxygen atoms in total. The molecule has 0 spiro atoms. The van der Waals surface area contributed by atoms with Crippen LogP contribution in [0.4, 0.5) is 8.78 Å². The molecule has 16 heavy (non-hydrogen) atoms. The van der Waals surface area contributed by atoms with Crippen LogP contribution >= 0.6 is 0 Å². The number of carboxylic acid groups (broad SMARTS) is 1. The molecule has 2 rings (SSSR count). The summed E-state index contributed by atoms with van der Waals surface area (Å²) in [5.74, 6) is -1.14. The van der Waals surface area contributed by atoms with Crippen LogP contribution in [0.1, 0.15) is 17.6 Å².